The smallest absolute Gasteiger partial charge is 0.227 e. The number of aromatic amines is 1. The Balaban J connectivity index is 1.53. The molecule has 0 saturated carbocycles. The van der Waals surface area contributed by atoms with Gasteiger partial charge >= 0.3 is 0 Å². The van der Waals surface area contributed by atoms with Crippen molar-refractivity contribution in [3.63, 3.8) is 0 Å². The lowest BCUT2D eigenvalue weighted by Gasteiger charge is -2.36. The minimum Gasteiger partial charge on any atom is -0.377 e. The van der Waals surface area contributed by atoms with Crippen LogP contribution in [0, 0.1) is 13.8 Å². The van der Waals surface area contributed by atoms with Crippen molar-refractivity contribution in [2.75, 3.05) is 19.8 Å². The van der Waals surface area contributed by atoms with Crippen molar-refractivity contribution in [3.05, 3.63) is 53.0 Å². The number of rotatable bonds is 5. The zero-order valence-corrected chi connectivity index (χ0v) is 16.9. The monoisotopic (exact) mass is 380 g/mol. The Labute approximate surface area is 165 Å². The first-order valence-corrected chi connectivity index (χ1v) is 10.0. The number of ether oxygens (including phenoxy) is 1. The van der Waals surface area contributed by atoms with Crippen LogP contribution >= 0.6 is 0 Å². The first-order chi connectivity index (χ1) is 13.6. The number of hydrogen-bond donors (Lipinski definition) is 1. The summed E-state index contributed by atoms with van der Waals surface area (Å²) in [4.78, 5) is 18.5. The van der Waals surface area contributed by atoms with Crippen molar-refractivity contribution in [3.8, 4) is 0 Å². The Kier molecular flexibility index (Phi) is 5.22. The molecular weight excluding hydrogens is 352 g/mol. The molecule has 148 valence electrons. The summed E-state index contributed by atoms with van der Waals surface area (Å²) < 4.78 is 7.69. The van der Waals surface area contributed by atoms with Gasteiger partial charge in [0.1, 0.15) is 0 Å². The van der Waals surface area contributed by atoms with Gasteiger partial charge in [0.2, 0.25) is 5.91 Å². The number of nitrogens with one attached hydrogen (secondary N) is 1. The van der Waals surface area contributed by atoms with E-state index in [2.05, 4.69) is 48.3 Å². The molecule has 28 heavy (non-hydrogen) atoms. The zero-order valence-electron chi connectivity index (χ0n) is 16.9. The summed E-state index contributed by atoms with van der Waals surface area (Å²) >= 11 is 0. The number of hydrogen-bond acceptors (Lipinski definition) is 3. The van der Waals surface area contributed by atoms with Crippen LogP contribution in [-0.2, 0) is 28.9 Å². The number of amides is 1. The summed E-state index contributed by atoms with van der Waals surface area (Å²) in [6, 6.07) is 8.35. The van der Waals surface area contributed by atoms with Crippen molar-refractivity contribution in [1.82, 2.24) is 19.7 Å². The molecule has 1 aromatic carbocycles. The van der Waals surface area contributed by atoms with Gasteiger partial charge in [0.15, 0.2) is 0 Å². The van der Waals surface area contributed by atoms with Gasteiger partial charge in [-0.25, -0.2) is 0 Å². The van der Waals surface area contributed by atoms with E-state index in [0.29, 0.717) is 26.2 Å². The Bertz CT molecular complexity index is 988. The number of aromatic nitrogens is 3. The van der Waals surface area contributed by atoms with Gasteiger partial charge in [0.05, 0.1) is 31.4 Å². The molecule has 1 aliphatic rings. The topological polar surface area (TPSA) is 63.1 Å². The molecule has 0 radical (unpaired) electrons. The molecule has 4 rings (SSSR count). The number of benzene rings is 1. The van der Waals surface area contributed by atoms with Crippen molar-refractivity contribution in [2.24, 2.45) is 0 Å². The molecule has 1 amide bonds. The van der Waals surface area contributed by atoms with Crippen LogP contribution in [0.15, 0.2) is 30.5 Å². The number of carbonyl (C=O) groups is 1. The van der Waals surface area contributed by atoms with E-state index in [9.17, 15) is 4.79 Å². The third-order valence-electron chi connectivity index (χ3n) is 5.84. The van der Waals surface area contributed by atoms with Gasteiger partial charge in [0, 0.05) is 41.4 Å². The minimum absolute atomic E-state index is 0.0577. The van der Waals surface area contributed by atoms with Gasteiger partial charge in [-0.2, -0.15) is 5.10 Å². The van der Waals surface area contributed by atoms with E-state index in [4.69, 9.17) is 4.74 Å². The molecule has 0 spiro atoms. The van der Waals surface area contributed by atoms with Crippen LogP contribution in [-0.4, -0.2) is 51.4 Å². The van der Waals surface area contributed by atoms with Crippen molar-refractivity contribution >= 4 is 16.8 Å². The average Bonchev–Trinajstić information content (AvgIpc) is 3.24. The number of fused-ring (bicyclic) bond motifs is 1. The SMILES string of the molecule is CCn1nc(C)c(CC(=O)N2CCOCC2Cc2c[nH]c3ccccc23)c1C. The maximum atomic E-state index is 13.2. The second kappa shape index (κ2) is 7.80. The normalized spacial score (nSPS) is 17.4. The number of nitrogens with zero attached hydrogens (tertiary/aromatic N) is 3. The highest BCUT2D eigenvalue weighted by Crippen LogP contribution is 2.23. The van der Waals surface area contributed by atoms with Gasteiger partial charge in [0.25, 0.3) is 0 Å². The lowest BCUT2D eigenvalue weighted by atomic mass is 10.0. The van der Waals surface area contributed by atoms with Crippen molar-refractivity contribution < 1.29 is 9.53 Å². The Morgan fingerprint density at radius 2 is 2.14 bits per heavy atom. The molecule has 6 nitrogen and oxygen atoms in total. The van der Waals surface area contributed by atoms with Crippen LogP contribution in [0.25, 0.3) is 10.9 Å². The summed E-state index contributed by atoms with van der Waals surface area (Å²) in [5, 5.41) is 5.78. The summed E-state index contributed by atoms with van der Waals surface area (Å²) in [6.45, 7) is 8.76. The molecule has 0 bridgehead atoms. The number of para-hydroxylation sites is 1. The third-order valence-corrected chi connectivity index (χ3v) is 5.84. The van der Waals surface area contributed by atoms with Crippen LogP contribution in [0.3, 0.4) is 0 Å². The second-order valence-corrected chi connectivity index (χ2v) is 7.52. The van der Waals surface area contributed by atoms with E-state index < -0.39 is 0 Å². The first-order valence-electron chi connectivity index (χ1n) is 10.0. The molecule has 1 saturated heterocycles. The molecule has 1 fully saturated rings. The van der Waals surface area contributed by atoms with Crippen LogP contribution in [0.1, 0.15) is 29.4 Å². The Morgan fingerprint density at radius 3 is 2.93 bits per heavy atom. The third kappa shape index (κ3) is 3.44. The van der Waals surface area contributed by atoms with E-state index in [1.807, 2.05) is 22.6 Å². The van der Waals surface area contributed by atoms with E-state index >= 15 is 0 Å². The fourth-order valence-electron chi connectivity index (χ4n) is 4.26. The number of aryl methyl sites for hydroxylation is 2. The Hall–Kier alpha value is -2.60. The summed E-state index contributed by atoms with van der Waals surface area (Å²) in [5.74, 6) is 0.162. The first kappa shape index (κ1) is 18.7. The van der Waals surface area contributed by atoms with E-state index in [1.54, 1.807) is 0 Å². The highest BCUT2D eigenvalue weighted by molar-refractivity contribution is 5.83. The highest BCUT2D eigenvalue weighted by atomic mass is 16.5. The van der Waals surface area contributed by atoms with E-state index in [0.717, 1.165) is 35.4 Å². The summed E-state index contributed by atoms with van der Waals surface area (Å²) in [7, 11) is 0. The lowest BCUT2D eigenvalue weighted by Crippen LogP contribution is -2.50. The predicted octanol–water partition coefficient (Wildman–Crippen LogP) is 3.01. The number of H-pyrrole nitrogens is 1. The molecule has 6 heteroatoms. The molecule has 1 unspecified atom stereocenters. The fourth-order valence-corrected chi connectivity index (χ4v) is 4.26. The molecule has 1 aliphatic heterocycles. The van der Waals surface area contributed by atoms with Crippen molar-refractivity contribution in [1.29, 1.82) is 0 Å². The molecule has 3 heterocycles. The molecule has 0 aliphatic carbocycles. The molecule has 1 atom stereocenters. The maximum Gasteiger partial charge on any atom is 0.227 e. The average molecular weight is 380 g/mol. The maximum absolute atomic E-state index is 13.2. The molecule has 1 N–H and O–H groups in total. The van der Waals surface area contributed by atoms with Gasteiger partial charge in [-0.15, -0.1) is 0 Å². The molecular formula is C22H28N4O2. The van der Waals surface area contributed by atoms with Gasteiger partial charge < -0.3 is 14.6 Å². The number of morpholine rings is 1. The van der Waals surface area contributed by atoms with Crippen LogP contribution in [0.5, 0.6) is 0 Å². The van der Waals surface area contributed by atoms with Crippen LogP contribution in [0.2, 0.25) is 0 Å². The number of carbonyl (C=O) groups excluding carboxylic acids is 1. The zero-order chi connectivity index (χ0) is 19.7. The second-order valence-electron chi connectivity index (χ2n) is 7.52. The van der Waals surface area contributed by atoms with Crippen molar-refractivity contribution in [2.45, 2.75) is 46.2 Å². The largest absolute Gasteiger partial charge is 0.377 e. The quantitative estimate of drug-likeness (QED) is 0.740. The van der Waals surface area contributed by atoms with Crippen LogP contribution < -0.4 is 0 Å². The molecule has 2 aromatic heterocycles. The van der Waals surface area contributed by atoms with Gasteiger partial charge in [-0.3, -0.25) is 9.48 Å². The van der Waals surface area contributed by atoms with Gasteiger partial charge in [-0.05, 0) is 38.8 Å². The minimum atomic E-state index is 0.0577. The Morgan fingerprint density at radius 1 is 1.32 bits per heavy atom. The standard InChI is InChI=1S/C22H28N4O2/c1-4-26-16(3)20(15(2)24-26)12-22(27)25-9-10-28-14-18(25)11-17-13-23-21-8-6-5-7-19(17)21/h5-8,13,18,23H,4,9-12,14H2,1-3H3. The lowest BCUT2D eigenvalue weighted by molar-refractivity contribution is -0.139. The van der Waals surface area contributed by atoms with Crippen LogP contribution in [0.4, 0.5) is 0 Å². The van der Waals surface area contributed by atoms with E-state index in [-0.39, 0.29) is 11.9 Å². The summed E-state index contributed by atoms with van der Waals surface area (Å²) in [6.07, 6.45) is 3.26. The predicted molar refractivity (Wildman–Crippen MR) is 109 cm³/mol. The summed E-state index contributed by atoms with van der Waals surface area (Å²) in [5.41, 5.74) is 5.47. The fraction of sp³-hybridized carbons (Fsp3) is 0.455. The molecule has 3 aromatic rings. The highest BCUT2D eigenvalue weighted by Gasteiger charge is 2.29. The van der Waals surface area contributed by atoms with Gasteiger partial charge in [-0.1, -0.05) is 18.2 Å². The van der Waals surface area contributed by atoms with E-state index in [1.165, 1.54) is 10.9 Å².